The zero-order chi connectivity index (χ0) is 13.3. The lowest BCUT2D eigenvalue weighted by molar-refractivity contribution is -0.151. The van der Waals surface area contributed by atoms with E-state index in [1.165, 1.54) is 7.11 Å². The van der Waals surface area contributed by atoms with Crippen molar-refractivity contribution in [2.75, 3.05) is 7.11 Å². The fourth-order valence-corrected chi connectivity index (χ4v) is 2.42. The number of benzene rings is 1. The third kappa shape index (κ3) is 2.69. The molecule has 1 aromatic carbocycles. The van der Waals surface area contributed by atoms with Gasteiger partial charge >= 0.3 is 5.97 Å². The molecule has 98 valence electrons. The maximum Gasteiger partial charge on any atom is 0.308 e. The van der Waals surface area contributed by atoms with E-state index >= 15 is 0 Å². The van der Waals surface area contributed by atoms with Crippen LogP contribution in [0.15, 0.2) is 16.6 Å². The van der Waals surface area contributed by atoms with Crippen LogP contribution in [-0.4, -0.2) is 19.2 Å². The molecule has 0 aliphatic heterocycles. The molecule has 4 heteroatoms. The third-order valence-electron chi connectivity index (χ3n) is 3.34. The second-order valence-corrected chi connectivity index (χ2v) is 5.60. The highest BCUT2D eigenvalue weighted by molar-refractivity contribution is 9.10. The van der Waals surface area contributed by atoms with Gasteiger partial charge in [-0.3, -0.25) is 4.79 Å². The van der Waals surface area contributed by atoms with Crippen molar-refractivity contribution in [1.82, 2.24) is 0 Å². The second-order valence-electron chi connectivity index (χ2n) is 4.80. The zero-order valence-electron chi connectivity index (χ0n) is 10.8. The van der Waals surface area contributed by atoms with E-state index in [1.54, 1.807) is 0 Å². The Balaban J connectivity index is 1.95. The third-order valence-corrected chi connectivity index (χ3v) is 4.59. The van der Waals surface area contributed by atoms with Crippen LogP contribution in [0.3, 0.4) is 0 Å². The van der Waals surface area contributed by atoms with Gasteiger partial charge in [0.25, 0.3) is 0 Å². The van der Waals surface area contributed by atoms with Gasteiger partial charge < -0.3 is 9.47 Å². The average Bonchev–Trinajstić information content (AvgIpc) is 2.29. The molecule has 18 heavy (non-hydrogen) atoms. The lowest BCUT2D eigenvalue weighted by Crippen LogP contribution is -2.38. The minimum absolute atomic E-state index is 0.0117. The molecule has 1 fully saturated rings. The molecule has 0 N–H and O–H groups in total. The molecule has 1 aliphatic carbocycles. The number of halogens is 1. The van der Waals surface area contributed by atoms with Crippen LogP contribution in [0.2, 0.25) is 0 Å². The van der Waals surface area contributed by atoms with Crippen molar-refractivity contribution in [1.29, 1.82) is 0 Å². The van der Waals surface area contributed by atoms with E-state index in [4.69, 9.17) is 9.47 Å². The van der Waals surface area contributed by atoms with Crippen LogP contribution >= 0.6 is 15.9 Å². The Bertz CT molecular complexity index is 441. The van der Waals surface area contributed by atoms with Gasteiger partial charge in [0.15, 0.2) is 0 Å². The molecule has 0 bridgehead atoms. The summed E-state index contributed by atoms with van der Waals surface area (Å²) < 4.78 is 11.7. The molecule has 0 heterocycles. The van der Waals surface area contributed by atoms with E-state index in [9.17, 15) is 4.79 Å². The van der Waals surface area contributed by atoms with Crippen LogP contribution in [0, 0.1) is 19.8 Å². The summed E-state index contributed by atoms with van der Waals surface area (Å²) in [6.07, 6.45) is 1.64. The molecule has 0 saturated heterocycles. The largest absolute Gasteiger partial charge is 0.490 e. The van der Waals surface area contributed by atoms with Gasteiger partial charge in [0.2, 0.25) is 0 Å². The summed E-state index contributed by atoms with van der Waals surface area (Å²) in [5.41, 5.74) is 2.32. The van der Waals surface area contributed by atoms with E-state index < -0.39 is 0 Å². The van der Waals surface area contributed by atoms with Gasteiger partial charge in [0.1, 0.15) is 11.9 Å². The number of hydrogen-bond acceptors (Lipinski definition) is 3. The normalized spacial score (nSPS) is 22.2. The molecule has 1 aliphatic rings. The fraction of sp³-hybridized carbons (Fsp3) is 0.500. The van der Waals surface area contributed by atoms with Crippen LogP contribution in [-0.2, 0) is 9.53 Å². The molecule has 0 aromatic heterocycles. The number of ether oxygens (including phenoxy) is 2. The Labute approximate surface area is 116 Å². The maximum absolute atomic E-state index is 11.3. The van der Waals surface area contributed by atoms with E-state index in [-0.39, 0.29) is 18.0 Å². The summed E-state index contributed by atoms with van der Waals surface area (Å²) in [5.74, 6) is 0.761. The smallest absolute Gasteiger partial charge is 0.308 e. The highest BCUT2D eigenvalue weighted by Crippen LogP contribution is 2.34. The highest BCUT2D eigenvalue weighted by Gasteiger charge is 2.36. The van der Waals surface area contributed by atoms with Gasteiger partial charge in [-0.2, -0.15) is 0 Å². The minimum atomic E-state index is -0.127. The Morgan fingerprint density at radius 1 is 1.28 bits per heavy atom. The number of carbonyl (C=O) groups excluding carboxylic acids is 1. The number of hydrogen-bond donors (Lipinski definition) is 0. The summed E-state index contributed by atoms with van der Waals surface area (Å²) >= 11 is 3.53. The van der Waals surface area contributed by atoms with E-state index in [0.717, 1.165) is 34.2 Å². The maximum atomic E-state index is 11.3. The van der Waals surface area contributed by atoms with Crippen LogP contribution in [0.4, 0.5) is 0 Å². The van der Waals surface area contributed by atoms with Crippen molar-refractivity contribution >= 4 is 21.9 Å². The summed E-state index contributed by atoms with van der Waals surface area (Å²) in [5, 5.41) is 0. The van der Waals surface area contributed by atoms with Gasteiger partial charge in [-0.05, 0) is 49.9 Å². The Morgan fingerprint density at radius 3 is 2.33 bits per heavy atom. The number of carbonyl (C=O) groups is 1. The monoisotopic (exact) mass is 312 g/mol. The number of methoxy groups -OCH3 is 1. The van der Waals surface area contributed by atoms with Crippen molar-refractivity contribution < 1.29 is 14.3 Å². The lowest BCUT2D eigenvalue weighted by Gasteiger charge is -2.33. The number of rotatable bonds is 3. The van der Waals surface area contributed by atoms with Crippen molar-refractivity contribution in [2.24, 2.45) is 5.92 Å². The molecule has 2 rings (SSSR count). The Hall–Kier alpha value is -1.03. The van der Waals surface area contributed by atoms with Crippen molar-refractivity contribution in [3.05, 3.63) is 27.7 Å². The average molecular weight is 313 g/mol. The molecule has 3 nitrogen and oxygen atoms in total. The quantitative estimate of drug-likeness (QED) is 0.802. The topological polar surface area (TPSA) is 35.5 Å². The molecule has 0 atom stereocenters. The molecular formula is C14H17BrO3. The van der Waals surface area contributed by atoms with Crippen LogP contribution in [0.25, 0.3) is 0 Å². The summed E-state index contributed by atoms with van der Waals surface area (Å²) in [4.78, 5) is 11.3. The first-order valence-electron chi connectivity index (χ1n) is 6.02. The molecule has 1 saturated carbocycles. The first-order chi connectivity index (χ1) is 8.51. The Kier molecular flexibility index (Phi) is 3.95. The van der Waals surface area contributed by atoms with E-state index in [1.807, 2.05) is 26.0 Å². The van der Waals surface area contributed by atoms with Crippen LogP contribution in [0.1, 0.15) is 24.0 Å². The van der Waals surface area contributed by atoms with Crippen molar-refractivity contribution in [3.8, 4) is 5.75 Å². The minimum Gasteiger partial charge on any atom is -0.490 e. The van der Waals surface area contributed by atoms with Gasteiger partial charge in [0, 0.05) is 4.47 Å². The molecule has 1 aromatic rings. The first kappa shape index (κ1) is 13.4. The number of esters is 1. The predicted molar refractivity (Wildman–Crippen MR) is 72.8 cm³/mol. The van der Waals surface area contributed by atoms with Crippen LogP contribution < -0.4 is 4.74 Å². The zero-order valence-corrected chi connectivity index (χ0v) is 12.4. The van der Waals surface area contributed by atoms with Gasteiger partial charge in [0.05, 0.1) is 13.0 Å². The Morgan fingerprint density at radius 2 is 1.83 bits per heavy atom. The highest BCUT2D eigenvalue weighted by atomic mass is 79.9. The van der Waals surface area contributed by atoms with Gasteiger partial charge in [-0.1, -0.05) is 15.9 Å². The fourth-order valence-electron chi connectivity index (χ4n) is 2.19. The second kappa shape index (κ2) is 5.31. The van der Waals surface area contributed by atoms with Crippen LogP contribution in [0.5, 0.6) is 5.75 Å². The molecular weight excluding hydrogens is 296 g/mol. The molecule has 0 amide bonds. The molecule has 0 unspecified atom stereocenters. The standard InChI is InChI=1S/C14H17BrO3/c1-8-4-11(5-9(2)13(8)15)18-12-6-10(7-12)14(16)17-3/h4-5,10,12H,6-7H2,1-3H3/t10-,12+. The van der Waals surface area contributed by atoms with Gasteiger partial charge in [-0.25, -0.2) is 0 Å². The van der Waals surface area contributed by atoms with Crippen molar-refractivity contribution in [2.45, 2.75) is 32.8 Å². The first-order valence-corrected chi connectivity index (χ1v) is 6.81. The van der Waals surface area contributed by atoms with Gasteiger partial charge in [-0.15, -0.1) is 0 Å². The van der Waals surface area contributed by atoms with E-state index in [2.05, 4.69) is 15.9 Å². The summed E-state index contributed by atoms with van der Waals surface area (Å²) in [7, 11) is 1.43. The predicted octanol–water partition coefficient (Wildman–Crippen LogP) is 3.40. The lowest BCUT2D eigenvalue weighted by atomic mass is 9.82. The molecule has 0 spiro atoms. The van der Waals surface area contributed by atoms with E-state index in [0.29, 0.717) is 0 Å². The summed E-state index contributed by atoms with van der Waals surface area (Å²) in [6, 6.07) is 4.03. The molecule has 0 radical (unpaired) electrons. The number of aryl methyl sites for hydroxylation is 2. The summed E-state index contributed by atoms with van der Waals surface area (Å²) in [6.45, 7) is 4.09. The SMILES string of the molecule is COC(=O)[C@H]1C[C@@H](Oc2cc(C)c(Br)c(C)c2)C1. The van der Waals surface area contributed by atoms with Crippen molar-refractivity contribution in [3.63, 3.8) is 0 Å².